The molecule has 0 amide bonds. The van der Waals surface area contributed by atoms with Crippen LogP contribution in [0, 0.1) is 13.8 Å². The fourth-order valence-electron chi connectivity index (χ4n) is 0.992. The van der Waals surface area contributed by atoms with Crippen LogP contribution in [-0.2, 0) is 0 Å². The van der Waals surface area contributed by atoms with E-state index in [9.17, 15) is 5.11 Å². The third-order valence-electron chi connectivity index (χ3n) is 1.99. The third kappa shape index (κ3) is 1.28. The van der Waals surface area contributed by atoms with E-state index in [1.807, 2.05) is 0 Å². The van der Waals surface area contributed by atoms with E-state index in [1.165, 1.54) is 0 Å². The van der Waals surface area contributed by atoms with E-state index in [4.69, 9.17) is 15.7 Å². The van der Waals surface area contributed by atoms with Gasteiger partial charge in [0.15, 0.2) is 0 Å². The zero-order valence-electron chi connectivity index (χ0n) is 6.98. The molecule has 0 saturated heterocycles. The lowest BCUT2D eigenvalue weighted by Crippen LogP contribution is -2.31. The van der Waals surface area contributed by atoms with Crippen LogP contribution in [0.25, 0.3) is 0 Å². The molecule has 4 heteroatoms. The lowest BCUT2D eigenvalue weighted by molar-refractivity contribution is 0.468. The predicted octanol–water partition coefficient (Wildman–Crippen LogP) is 0.359. The van der Waals surface area contributed by atoms with E-state index >= 15 is 0 Å². The Kier molecular flexibility index (Phi) is 2.57. The molecule has 0 atom stereocenters. The van der Waals surface area contributed by atoms with Gasteiger partial charge in [0, 0.05) is 0 Å². The third-order valence-corrected chi connectivity index (χ3v) is 2.96. The van der Waals surface area contributed by atoms with Crippen molar-refractivity contribution < 1.29 is 5.11 Å². The molecule has 0 aliphatic rings. The van der Waals surface area contributed by atoms with Crippen LogP contribution in [0.1, 0.15) is 11.1 Å². The normalized spacial score (nSPS) is 10.2. The number of rotatable bonds is 0. The van der Waals surface area contributed by atoms with Crippen molar-refractivity contribution in [2.75, 3.05) is 0 Å². The maximum Gasteiger partial charge on any atom is 0.132 e. The largest absolute Gasteiger partial charge is 0.507 e. The molecule has 0 aliphatic carbocycles. The Morgan fingerprint density at radius 2 is 1.50 bits per heavy atom. The summed E-state index contributed by atoms with van der Waals surface area (Å²) in [6.07, 6.45) is 0. The van der Waals surface area contributed by atoms with Gasteiger partial charge < -0.3 is 5.11 Å². The van der Waals surface area contributed by atoms with Crippen LogP contribution >= 0.6 is 15.9 Å². The summed E-state index contributed by atoms with van der Waals surface area (Å²) in [7, 11) is 11.3. The van der Waals surface area contributed by atoms with Gasteiger partial charge in [-0.1, -0.05) is 10.9 Å². The minimum Gasteiger partial charge on any atom is -0.507 e. The first kappa shape index (κ1) is 9.72. The molecule has 58 valence electrons. The molecule has 0 spiro atoms. The highest BCUT2D eigenvalue weighted by Gasteiger charge is 2.10. The van der Waals surface area contributed by atoms with E-state index < -0.39 is 0 Å². The number of hydrogen-bond acceptors (Lipinski definition) is 1. The van der Waals surface area contributed by atoms with Gasteiger partial charge in [0.2, 0.25) is 0 Å². The fourth-order valence-corrected chi connectivity index (χ4v) is 1.50. The zero-order valence-corrected chi connectivity index (χ0v) is 8.57. The monoisotopic (exact) mass is 220 g/mol. The maximum absolute atomic E-state index is 9.51. The highest BCUT2D eigenvalue weighted by Crippen LogP contribution is 2.27. The topological polar surface area (TPSA) is 20.2 Å². The van der Waals surface area contributed by atoms with Crippen molar-refractivity contribution in [3.8, 4) is 5.75 Å². The highest BCUT2D eigenvalue weighted by atomic mass is 79.9. The number of phenols is 1. The molecule has 1 aromatic carbocycles. The van der Waals surface area contributed by atoms with Gasteiger partial charge in [0.05, 0.1) is 4.47 Å². The van der Waals surface area contributed by atoms with Gasteiger partial charge in [0.25, 0.3) is 0 Å². The minimum absolute atomic E-state index is 0.166. The summed E-state index contributed by atoms with van der Waals surface area (Å²) in [5, 5.41) is 9.51. The average Bonchev–Trinajstić information content (AvgIpc) is 2.08. The molecule has 0 fully saturated rings. The number of hydrogen-bond donors (Lipinski definition) is 1. The Morgan fingerprint density at radius 3 is 2.00 bits per heavy atom. The van der Waals surface area contributed by atoms with Crippen LogP contribution < -0.4 is 10.9 Å². The Balaban J connectivity index is 3.60. The standard InChI is InChI=1S/C8H7B2BrO/c1-3-5(9)6(10)4(2)8(12)7(3)11/h12H,1-2H3. The van der Waals surface area contributed by atoms with Crippen LogP contribution in [0.4, 0.5) is 0 Å². The second-order valence-electron chi connectivity index (χ2n) is 2.74. The molecule has 4 radical (unpaired) electrons. The number of phenolic OH excluding ortho intramolecular Hbond substituents is 1. The Bertz CT molecular complexity index is 231. The first-order chi connectivity index (χ1) is 5.46. The van der Waals surface area contributed by atoms with Gasteiger partial charge in [-0.2, -0.15) is 0 Å². The molecule has 0 saturated carbocycles. The quantitative estimate of drug-likeness (QED) is 0.626. The lowest BCUT2D eigenvalue weighted by atomic mass is 9.75. The molecule has 1 aromatic rings. The number of benzene rings is 1. The molecular formula is C8H7B2BrO. The van der Waals surface area contributed by atoms with E-state index in [0.717, 1.165) is 5.56 Å². The van der Waals surface area contributed by atoms with Crippen molar-refractivity contribution in [3.05, 3.63) is 15.6 Å². The summed E-state index contributed by atoms with van der Waals surface area (Å²) in [5.74, 6) is 0.166. The summed E-state index contributed by atoms with van der Waals surface area (Å²) < 4.78 is 0.617. The number of halogens is 1. The predicted molar refractivity (Wildman–Crippen MR) is 56.1 cm³/mol. The molecule has 0 aliphatic heterocycles. The molecule has 0 heterocycles. The summed E-state index contributed by atoms with van der Waals surface area (Å²) >= 11 is 3.23. The fraction of sp³-hybridized carbons (Fsp3) is 0.250. The second-order valence-corrected chi connectivity index (χ2v) is 3.53. The first-order valence-electron chi connectivity index (χ1n) is 3.49. The van der Waals surface area contributed by atoms with Crippen molar-refractivity contribution in [1.82, 2.24) is 0 Å². The molecule has 0 bridgehead atoms. The highest BCUT2D eigenvalue weighted by molar-refractivity contribution is 9.10. The average molecular weight is 221 g/mol. The van der Waals surface area contributed by atoms with Crippen molar-refractivity contribution >= 4 is 42.5 Å². The van der Waals surface area contributed by atoms with Gasteiger partial charge in [-0.25, -0.2) is 0 Å². The summed E-state index contributed by atoms with van der Waals surface area (Å²) in [6, 6.07) is 0. The Hall–Kier alpha value is -0.370. The first-order valence-corrected chi connectivity index (χ1v) is 4.28. The second kappa shape index (κ2) is 3.17. The summed E-state index contributed by atoms with van der Waals surface area (Å²) in [5.41, 5.74) is 2.37. The SMILES string of the molecule is [B]c1c([B])c(C)c(Br)c(O)c1C. The van der Waals surface area contributed by atoms with Crippen molar-refractivity contribution in [1.29, 1.82) is 0 Å². The Morgan fingerprint density at radius 1 is 1.08 bits per heavy atom. The molecular weight excluding hydrogens is 214 g/mol. The van der Waals surface area contributed by atoms with Crippen LogP contribution in [0.5, 0.6) is 5.75 Å². The molecule has 1 rings (SSSR count). The molecule has 1 N–H and O–H groups in total. The zero-order chi connectivity index (χ0) is 9.46. The molecule has 1 nitrogen and oxygen atoms in total. The maximum atomic E-state index is 9.51. The van der Waals surface area contributed by atoms with Crippen LogP contribution in [0.2, 0.25) is 0 Å². The van der Waals surface area contributed by atoms with E-state index in [-0.39, 0.29) is 5.75 Å². The Labute approximate surface area is 83.1 Å². The van der Waals surface area contributed by atoms with Gasteiger partial charge in [-0.15, -0.1) is 0 Å². The lowest BCUT2D eigenvalue weighted by Gasteiger charge is -2.13. The van der Waals surface area contributed by atoms with Gasteiger partial charge in [-0.3, -0.25) is 0 Å². The molecule has 0 aromatic heterocycles. The van der Waals surface area contributed by atoms with E-state index in [2.05, 4.69) is 15.9 Å². The van der Waals surface area contributed by atoms with Crippen LogP contribution in [0.15, 0.2) is 4.47 Å². The van der Waals surface area contributed by atoms with Crippen molar-refractivity contribution in [2.45, 2.75) is 13.8 Å². The summed E-state index contributed by atoms with van der Waals surface area (Å²) in [6.45, 7) is 3.53. The van der Waals surface area contributed by atoms with Gasteiger partial charge >= 0.3 is 0 Å². The number of aromatic hydroxyl groups is 1. The van der Waals surface area contributed by atoms with Crippen LogP contribution in [0.3, 0.4) is 0 Å². The van der Waals surface area contributed by atoms with Crippen LogP contribution in [-0.4, -0.2) is 20.8 Å². The van der Waals surface area contributed by atoms with E-state index in [1.54, 1.807) is 13.8 Å². The van der Waals surface area contributed by atoms with Crippen molar-refractivity contribution in [3.63, 3.8) is 0 Å². The van der Waals surface area contributed by atoms with Gasteiger partial charge in [0.1, 0.15) is 21.4 Å². The van der Waals surface area contributed by atoms with E-state index in [0.29, 0.717) is 21.0 Å². The molecule has 12 heavy (non-hydrogen) atoms. The minimum atomic E-state index is 0.166. The summed E-state index contributed by atoms with van der Waals surface area (Å²) in [4.78, 5) is 0. The molecule has 0 unspecified atom stereocenters. The smallest absolute Gasteiger partial charge is 0.132 e. The van der Waals surface area contributed by atoms with Crippen molar-refractivity contribution in [2.24, 2.45) is 0 Å². The van der Waals surface area contributed by atoms with Gasteiger partial charge in [-0.05, 0) is 40.9 Å².